The molecule has 142 valence electrons. The van der Waals surface area contributed by atoms with E-state index >= 15 is 0 Å². The summed E-state index contributed by atoms with van der Waals surface area (Å²) in [4.78, 5) is 4.74. The van der Waals surface area contributed by atoms with Gasteiger partial charge >= 0.3 is 0 Å². The van der Waals surface area contributed by atoms with Crippen LogP contribution in [0.3, 0.4) is 0 Å². The lowest BCUT2D eigenvalue weighted by molar-refractivity contribution is 0.0420. The van der Waals surface area contributed by atoms with Crippen molar-refractivity contribution in [1.82, 2.24) is 10.6 Å². The predicted molar refractivity (Wildman–Crippen MR) is 98.5 cm³/mol. The van der Waals surface area contributed by atoms with Gasteiger partial charge in [-0.2, -0.15) is 0 Å². The number of aliphatic hydroxyl groups is 1. The molecule has 6 nitrogen and oxygen atoms in total. The summed E-state index contributed by atoms with van der Waals surface area (Å²) in [6.07, 6.45) is 5.11. The summed E-state index contributed by atoms with van der Waals surface area (Å²) in [5, 5.41) is 16.0. The normalized spacial score (nSPS) is 18.8. The van der Waals surface area contributed by atoms with Crippen LogP contribution in [-0.4, -0.2) is 63.2 Å². The summed E-state index contributed by atoms with van der Waals surface area (Å²) in [6.45, 7) is 11.4. The number of ether oxygens (including phenoxy) is 2. The predicted octanol–water partition coefficient (Wildman–Crippen LogP) is 1.93. The fraction of sp³-hybridized carbons (Fsp3) is 0.944. The van der Waals surface area contributed by atoms with Gasteiger partial charge in [-0.3, -0.25) is 4.99 Å². The second-order valence-corrected chi connectivity index (χ2v) is 6.51. The summed E-state index contributed by atoms with van der Waals surface area (Å²) in [7, 11) is 0. The third-order valence-electron chi connectivity index (χ3n) is 4.91. The lowest BCUT2D eigenvalue weighted by Crippen LogP contribution is -2.39. The molecule has 1 unspecified atom stereocenters. The third-order valence-corrected chi connectivity index (χ3v) is 4.91. The zero-order valence-corrected chi connectivity index (χ0v) is 15.8. The van der Waals surface area contributed by atoms with Crippen molar-refractivity contribution in [3.05, 3.63) is 0 Å². The molecule has 0 saturated carbocycles. The maximum absolute atomic E-state index is 9.32. The first-order chi connectivity index (χ1) is 11.7. The minimum Gasteiger partial charge on any atom is -0.396 e. The van der Waals surface area contributed by atoms with Gasteiger partial charge < -0.3 is 25.2 Å². The van der Waals surface area contributed by atoms with E-state index in [2.05, 4.69) is 31.4 Å². The molecule has 0 radical (unpaired) electrons. The van der Waals surface area contributed by atoms with E-state index in [1.54, 1.807) is 0 Å². The summed E-state index contributed by atoms with van der Waals surface area (Å²) in [5.41, 5.74) is 0.0999. The summed E-state index contributed by atoms with van der Waals surface area (Å²) < 4.78 is 11.1. The molecule has 1 fully saturated rings. The van der Waals surface area contributed by atoms with Crippen LogP contribution in [0.4, 0.5) is 0 Å². The topological polar surface area (TPSA) is 75.1 Å². The number of guanidine groups is 1. The highest BCUT2D eigenvalue weighted by Crippen LogP contribution is 2.30. The Bertz CT molecular complexity index is 340. The van der Waals surface area contributed by atoms with E-state index in [0.717, 1.165) is 77.5 Å². The van der Waals surface area contributed by atoms with Crippen LogP contribution in [0.1, 0.15) is 52.9 Å². The molecule has 3 N–H and O–H groups in total. The number of hydrogen-bond donors (Lipinski definition) is 3. The molecule has 0 bridgehead atoms. The highest BCUT2D eigenvalue weighted by Gasteiger charge is 2.25. The summed E-state index contributed by atoms with van der Waals surface area (Å²) in [5.74, 6) is 0.853. The number of nitrogens with one attached hydrogen (secondary N) is 2. The van der Waals surface area contributed by atoms with Crippen LogP contribution in [0.2, 0.25) is 0 Å². The standard InChI is InChI=1S/C18H37N3O3/c1-4-18(5-2,9-11-22)15-21-17(19-6-3)20-10-7-12-24-16-8-13-23-14-16/h16,22H,4-15H2,1-3H3,(H2,19,20,21). The van der Waals surface area contributed by atoms with Gasteiger partial charge in [0.05, 0.1) is 12.7 Å². The van der Waals surface area contributed by atoms with Crippen LogP contribution in [-0.2, 0) is 9.47 Å². The van der Waals surface area contributed by atoms with E-state index in [-0.39, 0.29) is 18.1 Å². The van der Waals surface area contributed by atoms with Gasteiger partial charge in [-0.1, -0.05) is 13.8 Å². The molecule has 1 atom stereocenters. The van der Waals surface area contributed by atoms with Gasteiger partial charge in [0.2, 0.25) is 0 Å². The summed E-state index contributed by atoms with van der Waals surface area (Å²) >= 11 is 0. The minimum absolute atomic E-state index is 0.0999. The number of nitrogens with zero attached hydrogens (tertiary/aromatic N) is 1. The van der Waals surface area contributed by atoms with E-state index in [1.165, 1.54) is 0 Å². The molecular formula is C18H37N3O3. The van der Waals surface area contributed by atoms with Crippen LogP contribution < -0.4 is 10.6 Å². The lowest BCUT2D eigenvalue weighted by atomic mass is 9.79. The highest BCUT2D eigenvalue weighted by atomic mass is 16.5. The molecule has 1 heterocycles. The Morgan fingerprint density at radius 1 is 1.29 bits per heavy atom. The molecule has 0 aromatic heterocycles. The zero-order chi connectivity index (χ0) is 17.7. The highest BCUT2D eigenvalue weighted by molar-refractivity contribution is 5.79. The molecule has 6 heteroatoms. The smallest absolute Gasteiger partial charge is 0.191 e. The van der Waals surface area contributed by atoms with Crippen molar-refractivity contribution in [3.63, 3.8) is 0 Å². The van der Waals surface area contributed by atoms with Crippen molar-refractivity contribution in [2.45, 2.75) is 59.0 Å². The quantitative estimate of drug-likeness (QED) is 0.287. The first kappa shape index (κ1) is 21.2. The van der Waals surface area contributed by atoms with Crippen molar-refractivity contribution >= 4 is 5.96 Å². The second-order valence-electron chi connectivity index (χ2n) is 6.51. The Kier molecular flexibility index (Phi) is 11.0. The van der Waals surface area contributed by atoms with E-state index in [1.807, 2.05) is 0 Å². The van der Waals surface area contributed by atoms with Crippen molar-refractivity contribution in [2.75, 3.05) is 46.1 Å². The van der Waals surface area contributed by atoms with Crippen molar-refractivity contribution in [2.24, 2.45) is 10.4 Å². The van der Waals surface area contributed by atoms with Crippen molar-refractivity contribution < 1.29 is 14.6 Å². The zero-order valence-electron chi connectivity index (χ0n) is 15.8. The third kappa shape index (κ3) is 7.81. The Morgan fingerprint density at radius 3 is 2.67 bits per heavy atom. The van der Waals surface area contributed by atoms with Crippen molar-refractivity contribution in [3.8, 4) is 0 Å². The molecule has 1 rings (SSSR count). The Hall–Kier alpha value is -0.850. The van der Waals surface area contributed by atoms with E-state index < -0.39 is 0 Å². The first-order valence-corrected chi connectivity index (χ1v) is 9.52. The monoisotopic (exact) mass is 343 g/mol. The molecule has 0 aliphatic carbocycles. The summed E-state index contributed by atoms with van der Waals surface area (Å²) in [6, 6.07) is 0. The molecule has 0 aromatic carbocycles. The largest absolute Gasteiger partial charge is 0.396 e. The van der Waals surface area contributed by atoms with Gasteiger partial charge in [-0.25, -0.2) is 0 Å². The lowest BCUT2D eigenvalue weighted by Gasteiger charge is -2.29. The van der Waals surface area contributed by atoms with Gasteiger partial charge in [-0.05, 0) is 44.4 Å². The number of rotatable bonds is 12. The van der Waals surface area contributed by atoms with E-state index in [9.17, 15) is 5.11 Å². The maximum Gasteiger partial charge on any atom is 0.191 e. The second kappa shape index (κ2) is 12.5. The number of aliphatic imine (C=N–C) groups is 1. The van der Waals surface area contributed by atoms with Crippen molar-refractivity contribution in [1.29, 1.82) is 0 Å². The van der Waals surface area contributed by atoms with E-state index in [4.69, 9.17) is 14.5 Å². The fourth-order valence-corrected chi connectivity index (χ4v) is 2.91. The van der Waals surface area contributed by atoms with Crippen LogP contribution in [0.25, 0.3) is 0 Å². The molecule has 0 aromatic rings. The van der Waals surface area contributed by atoms with Gasteiger partial charge in [-0.15, -0.1) is 0 Å². The molecule has 24 heavy (non-hydrogen) atoms. The SMILES string of the molecule is CCNC(=NCC(CC)(CC)CCO)NCCCOC1CCOC1. The Balaban J connectivity index is 2.34. The van der Waals surface area contributed by atoms with Crippen LogP contribution in [0, 0.1) is 5.41 Å². The van der Waals surface area contributed by atoms with Gasteiger partial charge in [0.1, 0.15) is 0 Å². The molecule has 0 amide bonds. The average Bonchev–Trinajstić information content (AvgIpc) is 3.11. The fourth-order valence-electron chi connectivity index (χ4n) is 2.91. The Labute approximate surface area is 147 Å². The molecule has 1 saturated heterocycles. The van der Waals surface area contributed by atoms with Crippen LogP contribution in [0.5, 0.6) is 0 Å². The van der Waals surface area contributed by atoms with Gasteiger partial charge in [0.15, 0.2) is 5.96 Å². The molecule has 1 aliphatic rings. The van der Waals surface area contributed by atoms with Gasteiger partial charge in [0, 0.05) is 39.5 Å². The maximum atomic E-state index is 9.32. The molecule has 0 spiro atoms. The first-order valence-electron chi connectivity index (χ1n) is 9.52. The van der Waals surface area contributed by atoms with E-state index in [0.29, 0.717) is 0 Å². The average molecular weight is 344 g/mol. The molecular weight excluding hydrogens is 306 g/mol. The molecule has 1 aliphatic heterocycles. The minimum atomic E-state index is 0.0999. The Morgan fingerprint density at radius 2 is 2.08 bits per heavy atom. The van der Waals surface area contributed by atoms with Gasteiger partial charge in [0.25, 0.3) is 0 Å². The number of hydrogen-bond acceptors (Lipinski definition) is 4. The number of aliphatic hydroxyl groups excluding tert-OH is 1. The van der Waals surface area contributed by atoms with Crippen LogP contribution in [0.15, 0.2) is 4.99 Å². The van der Waals surface area contributed by atoms with Crippen LogP contribution >= 0.6 is 0 Å².